The van der Waals surface area contributed by atoms with E-state index in [1.54, 1.807) is 19.9 Å². The van der Waals surface area contributed by atoms with Crippen molar-refractivity contribution in [2.45, 2.75) is 26.7 Å². The zero-order valence-corrected chi connectivity index (χ0v) is 10.7. The average Bonchev–Trinajstić information content (AvgIpc) is 2.32. The summed E-state index contributed by atoms with van der Waals surface area (Å²) in [4.78, 5) is 21.8. The maximum Gasteiger partial charge on any atom is 0.217 e. The van der Waals surface area contributed by atoms with E-state index in [1.807, 2.05) is 0 Å². The van der Waals surface area contributed by atoms with Gasteiger partial charge in [-0.1, -0.05) is 25.7 Å². The van der Waals surface area contributed by atoms with E-state index >= 15 is 0 Å². The van der Waals surface area contributed by atoms with E-state index in [1.165, 1.54) is 6.08 Å². The van der Waals surface area contributed by atoms with E-state index in [0.29, 0.717) is 6.42 Å². The minimum absolute atomic E-state index is 0.0302. The predicted octanol–water partition coefficient (Wildman–Crippen LogP) is 3.23. The molecule has 0 heterocycles. The zero-order chi connectivity index (χ0) is 14.1. The van der Waals surface area contributed by atoms with Crippen molar-refractivity contribution in [1.29, 1.82) is 0 Å². The Labute approximate surface area is 106 Å². The monoisotopic (exact) mass is 255 g/mol. The van der Waals surface area contributed by atoms with Crippen molar-refractivity contribution in [1.82, 2.24) is 0 Å². The first-order chi connectivity index (χ1) is 8.47. The molecule has 0 aromatic rings. The molecule has 0 saturated carbocycles. The van der Waals surface area contributed by atoms with Gasteiger partial charge in [0, 0.05) is 16.9 Å². The molecule has 0 aromatic carbocycles. The Kier molecular flexibility index (Phi) is 7.51. The predicted molar refractivity (Wildman–Crippen MR) is 68.4 cm³/mol. The molecule has 0 aliphatic heterocycles. The second-order valence-corrected chi connectivity index (χ2v) is 3.79. The topological polar surface area (TPSA) is 60.2 Å². The largest absolute Gasteiger partial charge is 0.299 e. The van der Waals surface area contributed by atoms with Crippen LogP contribution in [-0.2, 0) is 4.79 Å². The number of ketones is 1. The zero-order valence-electron chi connectivity index (χ0n) is 10.7. The standard InChI is InChI=1S/C13H18FNO3/c1-4-7-10(12(14)6-3)11(9-15(17)18)13(16)8-5-2/h4,6-7,11H,3,5,8-9H2,1-2H3/b7-4-,12-10-/t11-/m0/s1. The third-order valence-electron chi connectivity index (χ3n) is 2.39. The number of halogens is 1. The smallest absolute Gasteiger partial charge is 0.217 e. The van der Waals surface area contributed by atoms with E-state index in [0.717, 1.165) is 6.08 Å². The normalized spacial score (nSPS) is 14.2. The molecule has 4 nitrogen and oxygen atoms in total. The van der Waals surface area contributed by atoms with Gasteiger partial charge in [-0.2, -0.15) is 0 Å². The highest BCUT2D eigenvalue weighted by Gasteiger charge is 2.28. The van der Waals surface area contributed by atoms with Crippen LogP contribution in [0.4, 0.5) is 4.39 Å². The van der Waals surface area contributed by atoms with E-state index < -0.39 is 23.2 Å². The minimum Gasteiger partial charge on any atom is -0.299 e. The molecule has 1 atom stereocenters. The van der Waals surface area contributed by atoms with Crippen LogP contribution in [0.15, 0.2) is 36.2 Å². The number of hydrogen-bond acceptors (Lipinski definition) is 3. The third-order valence-corrected chi connectivity index (χ3v) is 2.39. The summed E-state index contributed by atoms with van der Waals surface area (Å²) in [6, 6.07) is 0. The first-order valence-corrected chi connectivity index (χ1v) is 5.77. The van der Waals surface area contributed by atoms with Crippen molar-refractivity contribution in [2.24, 2.45) is 5.92 Å². The van der Waals surface area contributed by atoms with Crippen LogP contribution in [0.25, 0.3) is 0 Å². The van der Waals surface area contributed by atoms with Gasteiger partial charge in [0.2, 0.25) is 6.54 Å². The quantitative estimate of drug-likeness (QED) is 0.380. The Hall–Kier alpha value is -1.78. The van der Waals surface area contributed by atoms with Crippen molar-refractivity contribution in [2.75, 3.05) is 6.54 Å². The second-order valence-electron chi connectivity index (χ2n) is 3.79. The number of carbonyl (C=O) groups is 1. The van der Waals surface area contributed by atoms with Crippen LogP contribution in [0.1, 0.15) is 26.7 Å². The second kappa shape index (κ2) is 8.33. The Morgan fingerprint density at radius 3 is 2.56 bits per heavy atom. The molecule has 0 saturated heterocycles. The molecule has 0 bridgehead atoms. The number of carbonyl (C=O) groups excluding carboxylic acids is 1. The molecule has 0 fully saturated rings. The van der Waals surface area contributed by atoms with Gasteiger partial charge in [0.15, 0.2) is 0 Å². The maximum atomic E-state index is 13.6. The highest BCUT2D eigenvalue weighted by Crippen LogP contribution is 2.22. The fourth-order valence-corrected chi connectivity index (χ4v) is 1.60. The van der Waals surface area contributed by atoms with E-state index in [-0.39, 0.29) is 17.8 Å². The summed E-state index contributed by atoms with van der Waals surface area (Å²) >= 11 is 0. The number of hydrogen-bond donors (Lipinski definition) is 0. The Morgan fingerprint density at radius 1 is 1.56 bits per heavy atom. The van der Waals surface area contributed by atoms with Crippen LogP contribution in [0.2, 0.25) is 0 Å². The lowest BCUT2D eigenvalue weighted by molar-refractivity contribution is -0.483. The first kappa shape index (κ1) is 16.2. The molecule has 18 heavy (non-hydrogen) atoms. The lowest BCUT2D eigenvalue weighted by Crippen LogP contribution is -2.25. The van der Waals surface area contributed by atoms with Crippen molar-refractivity contribution >= 4 is 5.78 Å². The Morgan fingerprint density at radius 2 is 2.17 bits per heavy atom. The molecule has 5 heteroatoms. The number of Topliss-reactive ketones (excluding diaryl/α,β-unsaturated/α-hetero) is 1. The lowest BCUT2D eigenvalue weighted by Gasteiger charge is -2.13. The van der Waals surface area contributed by atoms with Gasteiger partial charge >= 0.3 is 0 Å². The summed E-state index contributed by atoms with van der Waals surface area (Å²) in [6.07, 6.45) is 4.67. The van der Waals surface area contributed by atoms with Crippen molar-refractivity contribution in [3.63, 3.8) is 0 Å². The van der Waals surface area contributed by atoms with E-state index in [4.69, 9.17) is 0 Å². The highest BCUT2D eigenvalue weighted by molar-refractivity contribution is 5.84. The van der Waals surface area contributed by atoms with Gasteiger partial charge in [-0.05, 0) is 19.4 Å². The number of nitrogens with zero attached hydrogens (tertiary/aromatic N) is 1. The van der Waals surface area contributed by atoms with Gasteiger partial charge in [-0.25, -0.2) is 4.39 Å². The van der Waals surface area contributed by atoms with Crippen LogP contribution in [0.3, 0.4) is 0 Å². The summed E-state index contributed by atoms with van der Waals surface area (Å²) in [5, 5.41) is 10.6. The average molecular weight is 255 g/mol. The molecule has 100 valence electrons. The molecule has 0 unspecified atom stereocenters. The van der Waals surface area contributed by atoms with Gasteiger partial charge in [0.05, 0.1) is 0 Å². The molecule has 0 spiro atoms. The van der Waals surface area contributed by atoms with E-state index in [9.17, 15) is 19.3 Å². The van der Waals surface area contributed by atoms with Crippen molar-refractivity contribution in [3.8, 4) is 0 Å². The molecule has 0 radical (unpaired) electrons. The number of nitro groups is 1. The van der Waals surface area contributed by atoms with Crippen LogP contribution < -0.4 is 0 Å². The molecule has 0 aromatic heterocycles. The fourth-order valence-electron chi connectivity index (χ4n) is 1.60. The van der Waals surface area contributed by atoms with Crippen LogP contribution in [-0.4, -0.2) is 17.3 Å². The van der Waals surface area contributed by atoms with E-state index in [2.05, 4.69) is 6.58 Å². The lowest BCUT2D eigenvalue weighted by atomic mass is 9.91. The van der Waals surface area contributed by atoms with Crippen LogP contribution in [0.5, 0.6) is 0 Å². The Balaban J connectivity index is 5.43. The number of allylic oxidation sites excluding steroid dienone is 4. The molecule has 0 N–H and O–H groups in total. The summed E-state index contributed by atoms with van der Waals surface area (Å²) in [5.74, 6) is -2.06. The van der Waals surface area contributed by atoms with Gasteiger partial charge < -0.3 is 0 Å². The molecule has 0 aliphatic carbocycles. The minimum atomic E-state index is -1.05. The summed E-state index contributed by atoms with van der Waals surface area (Å²) in [5.41, 5.74) is 0.0302. The SMILES string of the molecule is C=C/C(F)=C(\C=C/C)[C@H](C[N+](=O)[O-])C(=O)CCC. The van der Waals surface area contributed by atoms with Crippen molar-refractivity contribution in [3.05, 3.63) is 46.3 Å². The first-order valence-electron chi connectivity index (χ1n) is 5.77. The van der Waals surface area contributed by atoms with Gasteiger partial charge in [0.1, 0.15) is 17.5 Å². The molecule has 0 rings (SSSR count). The maximum absolute atomic E-state index is 13.6. The van der Waals surface area contributed by atoms with Gasteiger partial charge in [-0.3, -0.25) is 14.9 Å². The molecular formula is C13H18FNO3. The highest BCUT2D eigenvalue weighted by atomic mass is 19.1. The fraction of sp³-hybridized carbons (Fsp3) is 0.462. The Bertz CT molecular complexity index is 386. The molecular weight excluding hydrogens is 237 g/mol. The molecule has 0 aliphatic rings. The van der Waals surface area contributed by atoms with Crippen molar-refractivity contribution < 1.29 is 14.1 Å². The van der Waals surface area contributed by atoms with Gasteiger partial charge in [-0.15, -0.1) is 0 Å². The van der Waals surface area contributed by atoms with Gasteiger partial charge in [0.25, 0.3) is 0 Å². The summed E-state index contributed by atoms with van der Waals surface area (Å²) in [6.45, 7) is 6.14. The van der Waals surface area contributed by atoms with Crippen LogP contribution in [0, 0.1) is 16.0 Å². The molecule has 0 amide bonds. The third kappa shape index (κ3) is 5.03. The van der Waals surface area contributed by atoms with Crippen LogP contribution >= 0.6 is 0 Å². The summed E-state index contributed by atoms with van der Waals surface area (Å²) < 4.78 is 13.6. The summed E-state index contributed by atoms with van der Waals surface area (Å²) in [7, 11) is 0. The number of rotatable bonds is 8.